The lowest BCUT2D eigenvalue weighted by atomic mass is 9.82. The quantitative estimate of drug-likeness (QED) is 0.926. The van der Waals surface area contributed by atoms with E-state index in [1.165, 1.54) is 16.2 Å². The number of hydrogen-bond donors (Lipinski definition) is 1. The van der Waals surface area contributed by atoms with Crippen molar-refractivity contribution in [2.75, 3.05) is 13.1 Å². The highest BCUT2D eigenvalue weighted by atomic mass is 32.1. The summed E-state index contributed by atoms with van der Waals surface area (Å²) in [6, 6.07) is 3.82. The minimum atomic E-state index is -0.814. The van der Waals surface area contributed by atoms with Crippen molar-refractivity contribution in [2.45, 2.75) is 33.1 Å². The first-order valence-corrected chi connectivity index (χ1v) is 7.39. The maximum absolute atomic E-state index is 12.4. The highest BCUT2D eigenvalue weighted by Gasteiger charge is 2.39. The van der Waals surface area contributed by atoms with Gasteiger partial charge in [0.05, 0.1) is 10.3 Å². The molecule has 1 aliphatic heterocycles. The lowest BCUT2D eigenvalue weighted by Gasteiger charge is -2.37. The molecule has 5 heteroatoms. The van der Waals surface area contributed by atoms with Gasteiger partial charge in [-0.1, -0.05) is 6.92 Å². The van der Waals surface area contributed by atoms with Gasteiger partial charge in [0.15, 0.2) is 0 Å². The van der Waals surface area contributed by atoms with Crippen molar-refractivity contribution in [1.82, 2.24) is 4.90 Å². The van der Waals surface area contributed by atoms with Crippen LogP contribution in [0.1, 0.15) is 41.2 Å². The van der Waals surface area contributed by atoms with E-state index in [4.69, 9.17) is 0 Å². The normalized spacial score (nSPS) is 23.4. The van der Waals surface area contributed by atoms with Crippen LogP contribution in [0.4, 0.5) is 0 Å². The first-order valence-electron chi connectivity index (χ1n) is 6.57. The topological polar surface area (TPSA) is 57.6 Å². The van der Waals surface area contributed by atoms with Crippen LogP contribution in [-0.2, 0) is 11.2 Å². The van der Waals surface area contributed by atoms with E-state index >= 15 is 0 Å². The number of thiophene rings is 1. The predicted molar refractivity (Wildman–Crippen MR) is 74.6 cm³/mol. The van der Waals surface area contributed by atoms with E-state index < -0.39 is 11.4 Å². The second-order valence-corrected chi connectivity index (χ2v) is 6.48. The summed E-state index contributed by atoms with van der Waals surface area (Å²) in [7, 11) is 0. The maximum Gasteiger partial charge on any atom is 0.311 e. The van der Waals surface area contributed by atoms with Crippen molar-refractivity contribution >= 4 is 23.2 Å². The fourth-order valence-corrected chi connectivity index (χ4v) is 3.34. The number of amides is 1. The smallest absolute Gasteiger partial charge is 0.311 e. The van der Waals surface area contributed by atoms with Crippen molar-refractivity contribution in [3.63, 3.8) is 0 Å². The molecule has 0 bridgehead atoms. The van der Waals surface area contributed by atoms with Gasteiger partial charge in [-0.2, -0.15) is 0 Å². The van der Waals surface area contributed by atoms with Gasteiger partial charge in [0, 0.05) is 18.0 Å². The van der Waals surface area contributed by atoms with Gasteiger partial charge >= 0.3 is 5.97 Å². The van der Waals surface area contributed by atoms with Crippen LogP contribution in [0.25, 0.3) is 0 Å². The molecular weight excluding hydrogens is 262 g/mol. The second-order valence-electron chi connectivity index (χ2n) is 5.32. The van der Waals surface area contributed by atoms with Gasteiger partial charge in [-0.3, -0.25) is 9.59 Å². The molecule has 2 rings (SSSR count). The number of carboxylic acid groups (broad SMARTS) is 1. The Morgan fingerprint density at radius 2 is 2.21 bits per heavy atom. The fourth-order valence-electron chi connectivity index (χ4n) is 2.43. The van der Waals surface area contributed by atoms with E-state index in [1.807, 2.05) is 12.1 Å². The van der Waals surface area contributed by atoms with Crippen LogP contribution in [0.5, 0.6) is 0 Å². The third-order valence-electron chi connectivity index (χ3n) is 3.72. The second kappa shape index (κ2) is 5.33. The summed E-state index contributed by atoms with van der Waals surface area (Å²) in [6.07, 6.45) is 2.31. The Morgan fingerprint density at radius 1 is 1.47 bits per heavy atom. The van der Waals surface area contributed by atoms with E-state index in [0.717, 1.165) is 12.8 Å². The Hall–Kier alpha value is -1.36. The van der Waals surface area contributed by atoms with E-state index in [2.05, 4.69) is 6.92 Å². The largest absolute Gasteiger partial charge is 0.481 e. The van der Waals surface area contributed by atoms with E-state index in [9.17, 15) is 14.7 Å². The van der Waals surface area contributed by atoms with Crippen LogP contribution < -0.4 is 0 Å². The highest BCUT2D eigenvalue weighted by Crippen LogP contribution is 2.31. The zero-order chi connectivity index (χ0) is 14.0. The summed E-state index contributed by atoms with van der Waals surface area (Å²) in [5.41, 5.74) is -0.807. The Bertz CT molecular complexity index is 497. The number of rotatable bonds is 3. The third-order valence-corrected chi connectivity index (χ3v) is 4.94. The van der Waals surface area contributed by atoms with Gasteiger partial charge in [-0.25, -0.2) is 0 Å². The third kappa shape index (κ3) is 2.81. The summed E-state index contributed by atoms with van der Waals surface area (Å²) in [5, 5.41) is 9.27. The zero-order valence-electron chi connectivity index (χ0n) is 11.3. The van der Waals surface area contributed by atoms with Crippen LogP contribution in [0.15, 0.2) is 12.1 Å². The number of hydrogen-bond acceptors (Lipinski definition) is 3. The van der Waals surface area contributed by atoms with Gasteiger partial charge in [-0.15, -0.1) is 11.3 Å². The zero-order valence-corrected chi connectivity index (χ0v) is 12.1. The Labute approximate surface area is 117 Å². The Balaban J connectivity index is 2.13. The number of aryl methyl sites for hydroxylation is 1. The van der Waals surface area contributed by atoms with Crippen LogP contribution in [-0.4, -0.2) is 35.0 Å². The van der Waals surface area contributed by atoms with Crippen molar-refractivity contribution in [3.05, 3.63) is 21.9 Å². The van der Waals surface area contributed by atoms with Crippen molar-refractivity contribution in [3.8, 4) is 0 Å². The van der Waals surface area contributed by atoms with Gasteiger partial charge in [0.2, 0.25) is 0 Å². The first kappa shape index (κ1) is 14.1. The molecule has 0 spiro atoms. The summed E-state index contributed by atoms with van der Waals surface area (Å²) in [4.78, 5) is 27.3. The van der Waals surface area contributed by atoms with Crippen molar-refractivity contribution in [2.24, 2.45) is 5.41 Å². The van der Waals surface area contributed by atoms with Gasteiger partial charge in [0.1, 0.15) is 0 Å². The molecule has 0 aromatic carbocycles. The van der Waals surface area contributed by atoms with E-state index in [0.29, 0.717) is 24.4 Å². The van der Waals surface area contributed by atoms with Crippen LogP contribution in [0.3, 0.4) is 0 Å². The molecule has 4 nitrogen and oxygen atoms in total. The minimum Gasteiger partial charge on any atom is -0.481 e. The number of piperidine rings is 1. The standard InChI is InChI=1S/C14H19NO3S/c1-3-10-5-6-11(19-10)12(16)15-8-4-7-14(2,9-15)13(17)18/h5-6H,3-4,7-9H2,1-2H3,(H,17,18). The summed E-state index contributed by atoms with van der Waals surface area (Å²) in [6.45, 7) is 4.74. The molecule has 1 N–H and O–H groups in total. The molecule has 19 heavy (non-hydrogen) atoms. The molecule has 2 heterocycles. The monoisotopic (exact) mass is 281 g/mol. The molecule has 0 saturated carbocycles. The molecule has 1 amide bonds. The number of nitrogens with zero attached hydrogens (tertiary/aromatic N) is 1. The molecule has 1 aliphatic rings. The molecule has 1 aromatic heterocycles. The Kier molecular flexibility index (Phi) is 3.94. The van der Waals surface area contributed by atoms with E-state index in [-0.39, 0.29) is 5.91 Å². The van der Waals surface area contributed by atoms with Crippen LogP contribution in [0, 0.1) is 5.41 Å². The molecule has 0 aliphatic carbocycles. The number of carboxylic acids is 1. The first-order chi connectivity index (χ1) is 8.96. The molecule has 1 aromatic rings. The Morgan fingerprint density at radius 3 is 2.79 bits per heavy atom. The average molecular weight is 281 g/mol. The number of carbonyl (C=O) groups is 2. The summed E-state index contributed by atoms with van der Waals surface area (Å²) in [5.74, 6) is -0.845. The molecular formula is C14H19NO3S. The molecule has 1 fully saturated rings. The highest BCUT2D eigenvalue weighted by molar-refractivity contribution is 7.14. The number of likely N-dealkylation sites (tertiary alicyclic amines) is 1. The molecule has 104 valence electrons. The van der Waals surface area contributed by atoms with Crippen LogP contribution >= 0.6 is 11.3 Å². The average Bonchev–Trinajstić information content (AvgIpc) is 2.86. The predicted octanol–water partition coefficient (Wildman–Crippen LogP) is 2.64. The van der Waals surface area contributed by atoms with Crippen LogP contribution in [0.2, 0.25) is 0 Å². The van der Waals surface area contributed by atoms with Crippen molar-refractivity contribution < 1.29 is 14.7 Å². The SMILES string of the molecule is CCc1ccc(C(=O)N2CCCC(C)(C(=O)O)C2)s1. The van der Waals surface area contributed by atoms with E-state index in [1.54, 1.807) is 11.8 Å². The minimum absolute atomic E-state index is 0.0307. The molecule has 1 unspecified atom stereocenters. The fraction of sp³-hybridized carbons (Fsp3) is 0.571. The number of aliphatic carboxylic acids is 1. The maximum atomic E-state index is 12.4. The lowest BCUT2D eigenvalue weighted by molar-refractivity contribution is -0.150. The molecule has 1 saturated heterocycles. The summed E-state index contributed by atoms with van der Waals surface area (Å²) >= 11 is 1.50. The van der Waals surface area contributed by atoms with Gasteiger partial charge in [0.25, 0.3) is 5.91 Å². The molecule has 1 atom stereocenters. The van der Waals surface area contributed by atoms with Gasteiger partial charge < -0.3 is 10.0 Å². The summed E-state index contributed by atoms with van der Waals surface area (Å²) < 4.78 is 0. The molecule has 0 radical (unpaired) electrons. The van der Waals surface area contributed by atoms with Gasteiger partial charge in [-0.05, 0) is 38.3 Å². The lowest BCUT2D eigenvalue weighted by Crippen LogP contribution is -2.48. The van der Waals surface area contributed by atoms with Crippen molar-refractivity contribution in [1.29, 1.82) is 0 Å². The number of carbonyl (C=O) groups excluding carboxylic acids is 1.